The van der Waals surface area contributed by atoms with Crippen LogP contribution < -0.4 is 0 Å². The topological polar surface area (TPSA) is 106 Å². The summed E-state index contributed by atoms with van der Waals surface area (Å²) >= 11 is 0. The van der Waals surface area contributed by atoms with Crippen LogP contribution in [0.1, 0.15) is 38.7 Å². The van der Waals surface area contributed by atoms with Gasteiger partial charge in [-0.2, -0.15) is 0 Å². The second-order valence-electron chi connectivity index (χ2n) is 8.57. The zero-order chi connectivity index (χ0) is 21.6. The molecule has 0 aromatic carbocycles. The summed E-state index contributed by atoms with van der Waals surface area (Å²) in [5, 5.41) is 0. The maximum Gasteiger partial charge on any atom is 0.417 e. The predicted octanol–water partition coefficient (Wildman–Crippen LogP) is 1.78. The Hall–Kier alpha value is -2.84. The number of nitrogens with zero attached hydrogens (tertiary/aromatic N) is 2. The monoisotopic (exact) mass is 406 g/mol. The highest BCUT2D eigenvalue weighted by Crippen LogP contribution is 2.52. The van der Waals surface area contributed by atoms with E-state index in [0.29, 0.717) is 5.56 Å². The van der Waals surface area contributed by atoms with Crippen molar-refractivity contribution in [1.82, 2.24) is 9.80 Å². The minimum Gasteiger partial charge on any atom is -0.472 e. The third-order valence-electron chi connectivity index (χ3n) is 5.51. The van der Waals surface area contributed by atoms with E-state index in [0.717, 1.165) is 4.90 Å². The van der Waals surface area contributed by atoms with Gasteiger partial charge in [-0.15, -0.1) is 0 Å². The number of piperidine rings is 1. The Labute approximate surface area is 168 Å². The lowest BCUT2D eigenvalue weighted by Crippen LogP contribution is -2.59. The van der Waals surface area contributed by atoms with E-state index in [2.05, 4.69) is 0 Å². The quantitative estimate of drug-likeness (QED) is 0.544. The molecule has 2 saturated heterocycles. The lowest BCUT2D eigenvalue weighted by molar-refractivity contribution is -0.163. The van der Waals surface area contributed by atoms with Crippen molar-refractivity contribution in [3.63, 3.8) is 0 Å². The summed E-state index contributed by atoms with van der Waals surface area (Å²) in [4.78, 5) is 54.0. The number of methoxy groups -OCH3 is 1. The lowest BCUT2D eigenvalue weighted by atomic mass is 9.62. The number of hydrogen-bond acceptors (Lipinski definition) is 7. The molecule has 9 heteroatoms. The van der Waals surface area contributed by atoms with Gasteiger partial charge >= 0.3 is 12.1 Å². The van der Waals surface area contributed by atoms with Gasteiger partial charge in [0.1, 0.15) is 11.5 Å². The first-order chi connectivity index (χ1) is 13.5. The van der Waals surface area contributed by atoms with Crippen LogP contribution in [0.2, 0.25) is 0 Å². The first-order valence-electron chi connectivity index (χ1n) is 9.41. The first kappa shape index (κ1) is 20.9. The fourth-order valence-electron chi connectivity index (χ4n) is 4.34. The smallest absolute Gasteiger partial charge is 0.417 e. The first-order valence-corrected chi connectivity index (χ1v) is 9.41. The van der Waals surface area contributed by atoms with Crippen LogP contribution in [0.15, 0.2) is 23.0 Å². The number of furan rings is 1. The maximum absolute atomic E-state index is 13.5. The van der Waals surface area contributed by atoms with Gasteiger partial charge in [0, 0.05) is 26.1 Å². The Bertz CT molecular complexity index is 826. The largest absolute Gasteiger partial charge is 0.472 e. The molecule has 3 heterocycles. The third-order valence-corrected chi connectivity index (χ3v) is 5.51. The van der Waals surface area contributed by atoms with Crippen molar-refractivity contribution in [1.29, 1.82) is 0 Å². The highest BCUT2D eigenvalue weighted by atomic mass is 16.6. The van der Waals surface area contributed by atoms with Gasteiger partial charge in [-0.05, 0) is 38.8 Å². The standard InChI is InChI=1S/C20H26N2O7/c1-19(2,3)29-18(26)22-8-7-20(17(22)25)11-21(4)15(23)13(16(24)27-5)14(20)12-6-9-28-10-12/h6,9-10,13-14H,7-8,11H2,1-5H3/t13-,14-,20-/m1/s1. The Kier molecular flexibility index (Phi) is 5.19. The molecule has 1 aromatic heterocycles. The summed E-state index contributed by atoms with van der Waals surface area (Å²) in [6.45, 7) is 5.37. The number of ether oxygens (including phenoxy) is 2. The molecule has 2 fully saturated rings. The van der Waals surface area contributed by atoms with Gasteiger partial charge in [0.2, 0.25) is 11.8 Å². The average molecular weight is 406 g/mol. The summed E-state index contributed by atoms with van der Waals surface area (Å²) in [7, 11) is 2.74. The SMILES string of the molecule is COC(=O)[C@H]1C(=O)N(C)C[C@]2(CCN(C(=O)OC(C)(C)C)C2=O)[C@@H]1c1ccoc1. The number of imide groups is 1. The molecule has 29 heavy (non-hydrogen) atoms. The molecule has 9 nitrogen and oxygen atoms in total. The number of rotatable bonds is 2. The molecule has 0 unspecified atom stereocenters. The van der Waals surface area contributed by atoms with E-state index in [1.165, 1.54) is 31.6 Å². The van der Waals surface area contributed by atoms with Crippen molar-refractivity contribution in [2.75, 3.05) is 27.2 Å². The molecule has 158 valence electrons. The molecule has 0 bridgehead atoms. The Balaban J connectivity index is 2.05. The molecule has 0 N–H and O–H groups in total. The van der Waals surface area contributed by atoms with E-state index in [9.17, 15) is 19.2 Å². The molecular weight excluding hydrogens is 380 g/mol. The van der Waals surface area contributed by atoms with Crippen LogP contribution in [0, 0.1) is 11.3 Å². The molecule has 3 atom stereocenters. The van der Waals surface area contributed by atoms with E-state index in [1.807, 2.05) is 0 Å². The number of esters is 1. The van der Waals surface area contributed by atoms with Crippen molar-refractivity contribution >= 4 is 23.9 Å². The van der Waals surface area contributed by atoms with Gasteiger partial charge in [-0.25, -0.2) is 9.69 Å². The fourth-order valence-corrected chi connectivity index (χ4v) is 4.34. The molecule has 1 spiro atoms. The summed E-state index contributed by atoms with van der Waals surface area (Å²) < 4.78 is 15.4. The van der Waals surface area contributed by atoms with Crippen LogP contribution in [0.25, 0.3) is 0 Å². The zero-order valence-electron chi connectivity index (χ0n) is 17.3. The van der Waals surface area contributed by atoms with E-state index in [-0.39, 0.29) is 19.5 Å². The van der Waals surface area contributed by atoms with Crippen LogP contribution in [-0.4, -0.2) is 66.5 Å². The summed E-state index contributed by atoms with van der Waals surface area (Å²) in [6.07, 6.45) is 2.39. The van der Waals surface area contributed by atoms with Gasteiger partial charge in [-0.3, -0.25) is 14.4 Å². The third kappa shape index (κ3) is 3.49. The average Bonchev–Trinajstić information content (AvgIpc) is 3.25. The van der Waals surface area contributed by atoms with Crippen LogP contribution in [0.4, 0.5) is 4.79 Å². The summed E-state index contributed by atoms with van der Waals surface area (Å²) in [5.41, 5.74) is -1.38. The molecule has 3 amide bonds. The van der Waals surface area contributed by atoms with E-state index in [4.69, 9.17) is 13.9 Å². The molecular formula is C20H26N2O7. The maximum atomic E-state index is 13.5. The lowest BCUT2D eigenvalue weighted by Gasteiger charge is -2.46. The summed E-state index contributed by atoms with van der Waals surface area (Å²) in [6, 6.07) is 1.63. The van der Waals surface area contributed by atoms with E-state index in [1.54, 1.807) is 26.8 Å². The Morgan fingerprint density at radius 1 is 1.28 bits per heavy atom. The second-order valence-corrected chi connectivity index (χ2v) is 8.57. The zero-order valence-corrected chi connectivity index (χ0v) is 17.3. The van der Waals surface area contributed by atoms with Crippen molar-refractivity contribution < 1.29 is 33.1 Å². The van der Waals surface area contributed by atoms with Crippen LogP contribution >= 0.6 is 0 Å². The predicted molar refractivity (Wildman–Crippen MR) is 99.6 cm³/mol. The number of carbonyl (C=O) groups excluding carboxylic acids is 4. The normalized spacial score (nSPS) is 27.5. The Morgan fingerprint density at radius 2 is 1.97 bits per heavy atom. The van der Waals surface area contributed by atoms with Gasteiger partial charge in [0.05, 0.1) is 25.1 Å². The van der Waals surface area contributed by atoms with E-state index >= 15 is 0 Å². The molecule has 0 aliphatic carbocycles. The van der Waals surface area contributed by atoms with Crippen molar-refractivity contribution in [3.8, 4) is 0 Å². The number of carbonyl (C=O) groups is 4. The molecule has 0 saturated carbocycles. The van der Waals surface area contributed by atoms with Crippen LogP contribution in [0.3, 0.4) is 0 Å². The minimum absolute atomic E-state index is 0.0767. The van der Waals surface area contributed by atoms with Gasteiger partial charge in [0.25, 0.3) is 0 Å². The van der Waals surface area contributed by atoms with Gasteiger partial charge in [-0.1, -0.05) is 0 Å². The number of hydrogen-bond donors (Lipinski definition) is 0. The van der Waals surface area contributed by atoms with E-state index < -0.39 is 46.7 Å². The van der Waals surface area contributed by atoms with Gasteiger partial charge in [0.15, 0.2) is 0 Å². The van der Waals surface area contributed by atoms with Gasteiger partial charge < -0.3 is 18.8 Å². The molecule has 2 aliphatic rings. The van der Waals surface area contributed by atoms with Crippen molar-refractivity contribution in [3.05, 3.63) is 24.2 Å². The molecule has 1 aromatic rings. The van der Waals surface area contributed by atoms with Crippen LogP contribution in [-0.2, 0) is 23.9 Å². The Morgan fingerprint density at radius 3 is 2.52 bits per heavy atom. The summed E-state index contributed by atoms with van der Waals surface area (Å²) in [5.74, 6) is -3.64. The highest BCUT2D eigenvalue weighted by Gasteiger charge is 2.63. The number of likely N-dealkylation sites (tertiary alicyclic amines) is 2. The molecule has 2 aliphatic heterocycles. The second kappa shape index (κ2) is 7.20. The molecule has 3 rings (SSSR count). The van der Waals surface area contributed by atoms with Crippen molar-refractivity contribution in [2.24, 2.45) is 11.3 Å². The van der Waals surface area contributed by atoms with Crippen LogP contribution in [0.5, 0.6) is 0 Å². The minimum atomic E-state index is -1.21. The number of amides is 3. The highest BCUT2D eigenvalue weighted by molar-refractivity contribution is 6.04. The molecule has 0 radical (unpaired) electrons. The fraction of sp³-hybridized carbons (Fsp3) is 0.600. The van der Waals surface area contributed by atoms with Crippen molar-refractivity contribution in [2.45, 2.75) is 38.7 Å².